The first kappa shape index (κ1) is 27.2. The fourth-order valence-electron chi connectivity index (χ4n) is 5.99. The predicted octanol–water partition coefficient (Wildman–Crippen LogP) is 3.53. The summed E-state index contributed by atoms with van der Waals surface area (Å²) in [5.41, 5.74) is 3.26. The highest BCUT2D eigenvalue weighted by Gasteiger charge is 2.26. The van der Waals surface area contributed by atoms with Gasteiger partial charge in [0.15, 0.2) is 0 Å². The van der Waals surface area contributed by atoms with Crippen molar-refractivity contribution >= 4 is 29.1 Å². The normalized spacial score (nSPS) is 18.9. The lowest BCUT2D eigenvalue weighted by molar-refractivity contribution is -0.130. The Labute approximate surface area is 231 Å². The molecule has 3 fully saturated rings. The second-order valence-corrected chi connectivity index (χ2v) is 11.0. The minimum atomic E-state index is 0.00441. The molecule has 3 aliphatic rings. The van der Waals surface area contributed by atoms with Crippen molar-refractivity contribution in [3.05, 3.63) is 59.7 Å². The van der Waals surface area contributed by atoms with Crippen LogP contribution >= 0.6 is 0 Å². The third kappa shape index (κ3) is 6.98. The lowest BCUT2D eigenvalue weighted by Crippen LogP contribution is -2.46. The number of nitrogens with one attached hydrogen (secondary N) is 2. The Kier molecular flexibility index (Phi) is 9.14. The summed E-state index contributed by atoms with van der Waals surface area (Å²) < 4.78 is 0. The third-order valence-corrected chi connectivity index (χ3v) is 8.27. The van der Waals surface area contributed by atoms with E-state index >= 15 is 0 Å². The minimum Gasteiger partial charge on any atom is -0.368 e. The van der Waals surface area contributed by atoms with Crippen LogP contribution in [-0.2, 0) is 16.0 Å². The van der Waals surface area contributed by atoms with Gasteiger partial charge in [0.2, 0.25) is 11.8 Å². The molecule has 39 heavy (non-hydrogen) atoms. The molecule has 2 aliphatic heterocycles. The number of carbonyl (C=O) groups is 3. The van der Waals surface area contributed by atoms with Gasteiger partial charge in [-0.1, -0.05) is 49.6 Å². The molecule has 8 nitrogen and oxygen atoms in total. The number of anilines is 2. The quantitative estimate of drug-likeness (QED) is 0.596. The van der Waals surface area contributed by atoms with Gasteiger partial charge in [-0.2, -0.15) is 0 Å². The summed E-state index contributed by atoms with van der Waals surface area (Å²) >= 11 is 0. The van der Waals surface area contributed by atoms with Gasteiger partial charge in [0.1, 0.15) is 0 Å². The molecule has 2 aromatic rings. The first-order valence-electron chi connectivity index (χ1n) is 14.6. The van der Waals surface area contributed by atoms with Crippen LogP contribution in [0, 0.1) is 5.92 Å². The Hall–Kier alpha value is -3.39. The molecule has 0 aromatic heterocycles. The maximum absolute atomic E-state index is 13.3. The number of hydrogen-bond donors (Lipinski definition) is 2. The summed E-state index contributed by atoms with van der Waals surface area (Å²) in [4.78, 5) is 45.7. The van der Waals surface area contributed by atoms with Gasteiger partial charge in [-0.05, 0) is 43.0 Å². The number of benzene rings is 2. The average Bonchev–Trinajstić information content (AvgIpc) is 3.25. The second kappa shape index (κ2) is 13.1. The molecule has 0 radical (unpaired) electrons. The predicted molar refractivity (Wildman–Crippen MR) is 154 cm³/mol. The largest absolute Gasteiger partial charge is 0.368 e. The van der Waals surface area contributed by atoms with Gasteiger partial charge < -0.3 is 25.3 Å². The zero-order chi connectivity index (χ0) is 27.0. The van der Waals surface area contributed by atoms with E-state index in [1.807, 2.05) is 58.3 Å². The van der Waals surface area contributed by atoms with E-state index in [1.165, 1.54) is 6.42 Å². The number of piperazine rings is 1. The second-order valence-electron chi connectivity index (χ2n) is 11.0. The molecule has 2 N–H and O–H groups in total. The Morgan fingerprint density at radius 2 is 1.56 bits per heavy atom. The van der Waals surface area contributed by atoms with Gasteiger partial charge in [-0.25, -0.2) is 0 Å². The van der Waals surface area contributed by atoms with E-state index in [4.69, 9.17) is 0 Å². The van der Waals surface area contributed by atoms with Crippen LogP contribution in [0.5, 0.6) is 0 Å². The van der Waals surface area contributed by atoms with Crippen LogP contribution in [0.4, 0.5) is 11.4 Å². The summed E-state index contributed by atoms with van der Waals surface area (Å²) in [5.74, 6) is 0.224. The lowest BCUT2D eigenvalue weighted by atomic mass is 9.88. The van der Waals surface area contributed by atoms with Crippen LogP contribution < -0.4 is 15.5 Å². The topological polar surface area (TPSA) is 85.0 Å². The van der Waals surface area contributed by atoms with Crippen LogP contribution in [0.15, 0.2) is 48.5 Å². The zero-order valence-corrected chi connectivity index (χ0v) is 22.9. The molecular weight excluding hydrogens is 490 g/mol. The molecule has 5 rings (SSSR count). The van der Waals surface area contributed by atoms with Crippen LogP contribution in [0.3, 0.4) is 0 Å². The van der Waals surface area contributed by atoms with Gasteiger partial charge >= 0.3 is 0 Å². The fraction of sp³-hybridized carbons (Fsp3) is 0.516. The van der Waals surface area contributed by atoms with Crippen molar-refractivity contribution in [2.24, 2.45) is 5.92 Å². The van der Waals surface area contributed by atoms with Crippen molar-refractivity contribution in [3.8, 4) is 0 Å². The minimum absolute atomic E-state index is 0.00441. The fourth-order valence-corrected chi connectivity index (χ4v) is 5.99. The van der Waals surface area contributed by atoms with E-state index in [-0.39, 0.29) is 23.6 Å². The van der Waals surface area contributed by atoms with Gasteiger partial charge in [0, 0.05) is 63.8 Å². The van der Waals surface area contributed by atoms with Crippen LogP contribution in [0.25, 0.3) is 0 Å². The highest BCUT2D eigenvalue weighted by atomic mass is 16.2. The van der Waals surface area contributed by atoms with Crippen LogP contribution in [0.2, 0.25) is 0 Å². The molecule has 0 atom stereocenters. The summed E-state index contributed by atoms with van der Waals surface area (Å²) in [7, 11) is 0. The summed E-state index contributed by atoms with van der Waals surface area (Å²) in [6.45, 7) is 5.76. The Bertz CT molecular complexity index is 1140. The van der Waals surface area contributed by atoms with E-state index in [0.717, 1.165) is 63.0 Å². The summed E-state index contributed by atoms with van der Waals surface area (Å²) in [6, 6.07) is 15.6. The van der Waals surface area contributed by atoms with Crippen molar-refractivity contribution in [2.75, 3.05) is 62.6 Å². The maximum Gasteiger partial charge on any atom is 0.254 e. The third-order valence-electron chi connectivity index (χ3n) is 8.27. The first-order valence-corrected chi connectivity index (χ1v) is 14.6. The molecule has 2 heterocycles. The van der Waals surface area contributed by atoms with Crippen molar-refractivity contribution in [2.45, 2.75) is 44.9 Å². The maximum atomic E-state index is 13.3. The van der Waals surface area contributed by atoms with Gasteiger partial charge in [-0.15, -0.1) is 0 Å². The highest BCUT2D eigenvalue weighted by Crippen LogP contribution is 2.31. The number of hydrogen-bond acceptors (Lipinski definition) is 5. The molecule has 8 heteroatoms. The SMILES string of the molecule is O=C(Nc1cc(C(=O)N2CCNCC2)ccc1N1CCCN(C(=O)Cc2ccccc2)CC1)C1CCCCC1. The average molecular weight is 532 g/mol. The Morgan fingerprint density at radius 3 is 2.33 bits per heavy atom. The van der Waals surface area contributed by atoms with Gasteiger partial charge in [0.25, 0.3) is 5.91 Å². The van der Waals surface area contributed by atoms with Crippen LogP contribution in [0.1, 0.15) is 54.4 Å². The van der Waals surface area contributed by atoms with E-state index < -0.39 is 0 Å². The number of rotatable bonds is 6. The Balaban J connectivity index is 1.32. The number of nitrogens with zero attached hydrogens (tertiary/aromatic N) is 3. The van der Waals surface area contributed by atoms with E-state index in [2.05, 4.69) is 15.5 Å². The molecule has 0 bridgehead atoms. The molecule has 0 unspecified atom stereocenters. The molecule has 3 amide bonds. The number of amides is 3. The monoisotopic (exact) mass is 531 g/mol. The van der Waals surface area contributed by atoms with Crippen molar-refractivity contribution in [1.29, 1.82) is 0 Å². The zero-order valence-electron chi connectivity index (χ0n) is 22.9. The van der Waals surface area contributed by atoms with Crippen molar-refractivity contribution in [3.63, 3.8) is 0 Å². The molecule has 0 spiro atoms. The van der Waals surface area contributed by atoms with Crippen molar-refractivity contribution < 1.29 is 14.4 Å². The number of carbonyl (C=O) groups excluding carboxylic acids is 3. The molecule has 2 saturated heterocycles. The van der Waals surface area contributed by atoms with E-state index in [9.17, 15) is 14.4 Å². The molecule has 1 aliphatic carbocycles. The highest BCUT2D eigenvalue weighted by molar-refractivity contribution is 6.00. The van der Waals surface area contributed by atoms with Gasteiger partial charge in [-0.3, -0.25) is 14.4 Å². The molecule has 2 aromatic carbocycles. The summed E-state index contributed by atoms with van der Waals surface area (Å²) in [6.07, 6.45) is 6.46. The van der Waals surface area contributed by atoms with E-state index in [0.29, 0.717) is 50.4 Å². The summed E-state index contributed by atoms with van der Waals surface area (Å²) in [5, 5.41) is 6.51. The molecule has 1 saturated carbocycles. The van der Waals surface area contributed by atoms with Crippen LogP contribution in [-0.4, -0.2) is 79.9 Å². The van der Waals surface area contributed by atoms with Gasteiger partial charge in [0.05, 0.1) is 17.8 Å². The van der Waals surface area contributed by atoms with Crippen molar-refractivity contribution in [1.82, 2.24) is 15.1 Å². The Morgan fingerprint density at radius 1 is 0.795 bits per heavy atom. The molecule has 208 valence electrons. The first-order chi connectivity index (χ1) is 19.1. The molecular formula is C31H41N5O3. The smallest absolute Gasteiger partial charge is 0.254 e. The standard InChI is InChI=1S/C31H41N5O3/c37-29(22-24-8-3-1-4-9-24)35-17-7-16-34(20-21-35)28-13-12-26(31(39)36-18-14-32-15-19-36)23-27(28)33-30(38)25-10-5-2-6-11-25/h1,3-4,8-9,12-13,23,25,32H,2,5-7,10-11,14-22H2,(H,33,38). The lowest BCUT2D eigenvalue weighted by Gasteiger charge is -2.29. The van der Waals surface area contributed by atoms with E-state index in [1.54, 1.807) is 0 Å².